The van der Waals surface area contributed by atoms with E-state index in [1.54, 1.807) is 22.7 Å². The average molecular weight is 576 g/mol. The Balaban J connectivity index is 1.15. The Morgan fingerprint density at radius 2 is 1.93 bits per heavy atom. The van der Waals surface area contributed by atoms with Crippen LogP contribution in [-0.2, 0) is 16.1 Å². The van der Waals surface area contributed by atoms with E-state index in [-0.39, 0.29) is 48.3 Å². The molecule has 0 spiro atoms. The van der Waals surface area contributed by atoms with Crippen molar-refractivity contribution in [2.75, 3.05) is 44.4 Å². The molecule has 3 aliphatic rings. The summed E-state index contributed by atoms with van der Waals surface area (Å²) in [4.78, 5) is 24.7. The van der Waals surface area contributed by atoms with Gasteiger partial charge in [0, 0.05) is 49.3 Å². The van der Waals surface area contributed by atoms with Crippen LogP contribution in [0.3, 0.4) is 0 Å². The van der Waals surface area contributed by atoms with Crippen LogP contribution in [0, 0.1) is 0 Å². The van der Waals surface area contributed by atoms with Crippen LogP contribution in [0.15, 0.2) is 35.2 Å². The number of hydrogen-bond acceptors (Lipinski definition) is 8. The number of halogens is 2. The number of thioether (sulfide) groups is 1. The Bertz CT molecular complexity index is 1120. The summed E-state index contributed by atoms with van der Waals surface area (Å²) in [6.07, 6.45) is 6.12. The molecule has 3 fully saturated rings. The number of piperidine rings is 1. The highest BCUT2D eigenvalue weighted by molar-refractivity contribution is 7.98. The van der Waals surface area contributed by atoms with Gasteiger partial charge < -0.3 is 25.0 Å². The minimum atomic E-state index is -1.00. The third-order valence-corrected chi connectivity index (χ3v) is 8.72. The molecule has 0 radical (unpaired) electrons. The minimum Gasteiger partial charge on any atom is -0.378 e. The van der Waals surface area contributed by atoms with E-state index in [1.165, 1.54) is 10.5 Å². The van der Waals surface area contributed by atoms with E-state index in [9.17, 15) is 13.6 Å². The van der Waals surface area contributed by atoms with Gasteiger partial charge in [0.25, 0.3) is 5.91 Å². The quantitative estimate of drug-likeness (QED) is 0.416. The molecule has 40 heavy (non-hydrogen) atoms. The van der Waals surface area contributed by atoms with E-state index in [2.05, 4.69) is 51.1 Å². The normalized spacial score (nSPS) is 26.0. The minimum absolute atomic E-state index is 0.0188. The van der Waals surface area contributed by atoms with E-state index >= 15 is 0 Å². The van der Waals surface area contributed by atoms with E-state index in [4.69, 9.17) is 9.47 Å². The van der Waals surface area contributed by atoms with Crippen molar-refractivity contribution in [2.45, 2.75) is 80.6 Å². The van der Waals surface area contributed by atoms with Crippen molar-refractivity contribution in [2.24, 2.45) is 0 Å². The molecule has 1 aromatic carbocycles. The number of carbonyl (C=O) groups excluding carboxylic acids is 1. The Kier molecular flexibility index (Phi) is 10.2. The molecule has 11 heteroatoms. The number of amides is 1. The Labute approximate surface area is 239 Å². The number of rotatable bonds is 9. The molecule has 8 nitrogen and oxygen atoms in total. The monoisotopic (exact) mass is 575 g/mol. The summed E-state index contributed by atoms with van der Waals surface area (Å²) in [7, 11) is 0. The summed E-state index contributed by atoms with van der Waals surface area (Å²) in [5.74, 6) is 0.163. The summed E-state index contributed by atoms with van der Waals surface area (Å²) < 4.78 is 39.3. The van der Waals surface area contributed by atoms with Crippen molar-refractivity contribution in [3.63, 3.8) is 0 Å². The summed E-state index contributed by atoms with van der Waals surface area (Å²) in [6, 6.07) is 10.0. The van der Waals surface area contributed by atoms with Crippen molar-refractivity contribution in [1.82, 2.24) is 20.2 Å². The third-order valence-electron chi connectivity index (χ3n) is 7.98. The fourth-order valence-corrected chi connectivity index (χ4v) is 6.10. The van der Waals surface area contributed by atoms with Gasteiger partial charge in [-0.1, -0.05) is 12.1 Å². The maximum Gasteiger partial charge on any atom is 0.272 e. The topological polar surface area (TPSA) is 88.6 Å². The molecular formula is C29H39F2N5O3S. The highest BCUT2D eigenvalue weighted by Gasteiger charge is 2.31. The molecule has 5 rings (SSSR count). The molecule has 0 bridgehead atoms. The maximum atomic E-state index is 14.1. The van der Waals surface area contributed by atoms with Crippen molar-refractivity contribution in [3.8, 4) is 0 Å². The van der Waals surface area contributed by atoms with Gasteiger partial charge in [-0.2, -0.15) is 0 Å². The number of aromatic nitrogens is 2. The molecule has 3 saturated heterocycles. The second kappa shape index (κ2) is 14.0. The number of ether oxygens (including phenoxy) is 2. The lowest BCUT2D eigenvalue weighted by Crippen LogP contribution is -2.52. The van der Waals surface area contributed by atoms with Gasteiger partial charge in [0.2, 0.25) is 0 Å². The van der Waals surface area contributed by atoms with Crippen LogP contribution in [0.25, 0.3) is 0 Å². The third kappa shape index (κ3) is 7.48. The first-order valence-corrected chi connectivity index (χ1v) is 15.5. The predicted octanol–water partition coefficient (Wildman–Crippen LogP) is 4.71. The van der Waals surface area contributed by atoms with Crippen LogP contribution in [0.4, 0.5) is 14.6 Å². The van der Waals surface area contributed by atoms with E-state index in [0.717, 1.165) is 32.1 Å². The Morgan fingerprint density at radius 3 is 2.65 bits per heavy atom. The van der Waals surface area contributed by atoms with Gasteiger partial charge in [-0.25, -0.2) is 18.7 Å². The van der Waals surface area contributed by atoms with E-state index < -0.39 is 12.8 Å². The first-order chi connectivity index (χ1) is 19.5. The molecule has 1 aromatic heterocycles. The first kappa shape index (κ1) is 29.2. The maximum absolute atomic E-state index is 14.1. The standard InChI is InChI=1S/C29H39F2N5O3S/c1-40-22-7-5-19(6-8-22)26-4-2-3-21(39-26)17-32-27-15-25(34-28(16-30)35-27)29(37)36-12-9-20(10-13-36)33-24-11-14-38-18-23(24)31/h5-8,15,20-21,23-24,26,33H,2-4,9-14,16-18H2,1H3,(H,32,34,35). The molecule has 3 aliphatic heterocycles. The zero-order valence-corrected chi connectivity index (χ0v) is 23.8. The molecule has 2 N–H and O–H groups in total. The molecular weight excluding hydrogens is 536 g/mol. The van der Waals surface area contributed by atoms with E-state index in [0.29, 0.717) is 38.5 Å². The number of hydrogen-bond donors (Lipinski definition) is 2. The number of carbonyl (C=O) groups is 1. The van der Waals surface area contributed by atoms with Gasteiger partial charge >= 0.3 is 0 Å². The molecule has 4 unspecified atom stereocenters. The molecule has 218 valence electrons. The summed E-state index contributed by atoms with van der Waals surface area (Å²) >= 11 is 1.72. The first-order valence-electron chi connectivity index (χ1n) is 14.3. The predicted molar refractivity (Wildman–Crippen MR) is 151 cm³/mol. The van der Waals surface area contributed by atoms with Gasteiger partial charge in [-0.15, -0.1) is 11.8 Å². The largest absolute Gasteiger partial charge is 0.378 e. The lowest BCUT2D eigenvalue weighted by atomic mass is 9.98. The number of alkyl halides is 2. The van der Waals surface area contributed by atoms with Crippen molar-refractivity contribution in [3.05, 3.63) is 47.4 Å². The molecule has 2 aromatic rings. The highest BCUT2D eigenvalue weighted by Crippen LogP contribution is 2.32. The SMILES string of the molecule is CSc1ccc(C2CCCC(CNc3cc(C(=O)N4CCC(NC5CCOCC5F)CC4)nc(CF)n3)O2)cc1. The molecule has 0 saturated carbocycles. The number of nitrogens with zero attached hydrogens (tertiary/aromatic N) is 3. The van der Waals surface area contributed by atoms with Crippen LogP contribution < -0.4 is 10.6 Å². The van der Waals surface area contributed by atoms with E-state index in [1.807, 2.05) is 0 Å². The zero-order chi connectivity index (χ0) is 27.9. The van der Waals surface area contributed by atoms with Crippen LogP contribution in [-0.4, -0.2) is 84.2 Å². The number of likely N-dealkylation sites (tertiary alicyclic amines) is 1. The smallest absolute Gasteiger partial charge is 0.272 e. The number of nitrogens with one attached hydrogen (secondary N) is 2. The summed E-state index contributed by atoms with van der Waals surface area (Å²) in [5.41, 5.74) is 1.36. The van der Waals surface area contributed by atoms with Gasteiger partial charge in [0.15, 0.2) is 5.82 Å². The van der Waals surface area contributed by atoms with Crippen molar-refractivity contribution in [1.29, 1.82) is 0 Å². The Morgan fingerprint density at radius 1 is 1.12 bits per heavy atom. The summed E-state index contributed by atoms with van der Waals surface area (Å²) in [6.45, 7) is 1.42. The van der Waals surface area contributed by atoms with Crippen LogP contribution in [0.2, 0.25) is 0 Å². The lowest BCUT2D eigenvalue weighted by Gasteiger charge is -2.36. The van der Waals surface area contributed by atoms with Crippen LogP contribution >= 0.6 is 11.8 Å². The van der Waals surface area contributed by atoms with Gasteiger partial charge in [-0.05, 0) is 62.5 Å². The summed E-state index contributed by atoms with van der Waals surface area (Å²) in [5, 5.41) is 6.67. The van der Waals surface area contributed by atoms with Crippen molar-refractivity contribution >= 4 is 23.5 Å². The Hall–Kier alpha value is -2.34. The second-order valence-corrected chi connectivity index (χ2v) is 11.6. The second-order valence-electron chi connectivity index (χ2n) is 10.7. The van der Waals surface area contributed by atoms with Gasteiger partial charge in [-0.3, -0.25) is 4.79 Å². The highest BCUT2D eigenvalue weighted by atomic mass is 32.2. The fraction of sp³-hybridized carbons (Fsp3) is 0.621. The molecule has 4 heterocycles. The van der Waals surface area contributed by atoms with Crippen molar-refractivity contribution < 1.29 is 23.0 Å². The van der Waals surface area contributed by atoms with Crippen LogP contribution in [0.1, 0.15) is 66.5 Å². The molecule has 1 amide bonds. The molecule has 0 aliphatic carbocycles. The lowest BCUT2D eigenvalue weighted by molar-refractivity contribution is -0.0442. The number of anilines is 1. The van der Waals surface area contributed by atoms with Gasteiger partial charge in [0.1, 0.15) is 24.4 Å². The van der Waals surface area contributed by atoms with Crippen LogP contribution in [0.5, 0.6) is 0 Å². The zero-order valence-electron chi connectivity index (χ0n) is 23.0. The number of benzene rings is 1. The average Bonchev–Trinajstić information content (AvgIpc) is 3.01. The van der Waals surface area contributed by atoms with Gasteiger partial charge in [0.05, 0.1) is 18.8 Å². The molecule has 4 atom stereocenters. The fourth-order valence-electron chi connectivity index (χ4n) is 5.69.